The van der Waals surface area contributed by atoms with Crippen molar-refractivity contribution in [1.29, 1.82) is 0 Å². The lowest BCUT2D eigenvalue weighted by Gasteiger charge is -2.24. The Morgan fingerprint density at radius 2 is 1.72 bits per heavy atom. The van der Waals surface area contributed by atoms with E-state index in [9.17, 15) is 4.79 Å². The Balaban J connectivity index is 1.28. The van der Waals surface area contributed by atoms with Gasteiger partial charge in [0.25, 0.3) is 5.91 Å². The van der Waals surface area contributed by atoms with E-state index in [0.717, 1.165) is 69.9 Å². The molecular formula is C24H30N2O3. The first kappa shape index (κ1) is 19.9. The average Bonchev–Trinajstić information content (AvgIpc) is 3.21. The molecule has 0 spiro atoms. The fourth-order valence-electron chi connectivity index (χ4n) is 4.04. The van der Waals surface area contributed by atoms with Crippen molar-refractivity contribution in [2.45, 2.75) is 31.9 Å². The lowest BCUT2D eigenvalue weighted by atomic mass is 10.2. The van der Waals surface area contributed by atoms with Crippen molar-refractivity contribution >= 4 is 5.91 Å². The van der Waals surface area contributed by atoms with E-state index in [1.165, 1.54) is 5.56 Å². The number of amides is 1. The highest BCUT2D eigenvalue weighted by Gasteiger charge is 2.21. The number of hydrogen-bond acceptors (Lipinski definition) is 4. The number of carbonyl (C=O) groups excluding carboxylic acids is 1. The van der Waals surface area contributed by atoms with Crippen LogP contribution in [0.4, 0.5) is 0 Å². The number of nitrogens with zero attached hydrogens (tertiary/aromatic N) is 2. The van der Waals surface area contributed by atoms with Gasteiger partial charge in [0.15, 0.2) is 0 Å². The number of likely N-dealkylation sites (tertiary alicyclic amines) is 1. The summed E-state index contributed by atoms with van der Waals surface area (Å²) >= 11 is 0. The van der Waals surface area contributed by atoms with Crippen LogP contribution in [0.15, 0.2) is 54.6 Å². The first-order valence-corrected chi connectivity index (χ1v) is 10.7. The summed E-state index contributed by atoms with van der Waals surface area (Å²) in [6, 6.07) is 18.1. The molecule has 0 radical (unpaired) electrons. The highest BCUT2D eigenvalue weighted by Crippen LogP contribution is 2.18. The summed E-state index contributed by atoms with van der Waals surface area (Å²) in [5.74, 6) is 0.906. The second kappa shape index (κ2) is 9.90. The van der Waals surface area contributed by atoms with Crippen LogP contribution in [0.3, 0.4) is 0 Å². The minimum absolute atomic E-state index is 0.0483. The molecule has 0 unspecified atom stereocenters. The smallest absolute Gasteiger partial charge is 0.253 e. The Hall–Kier alpha value is -2.37. The number of carbonyl (C=O) groups is 1. The van der Waals surface area contributed by atoms with Gasteiger partial charge in [0.2, 0.25) is 0 Å². The minimum Gasteiger partial charge on any atom is -0.491 e. The van der Waals surface area contributed by atoms with E-state index >= 15 is 0 Å². The Kier molecular flexibility index (Phi) is 6.80. The van der Waals surface area contributed by atoms with Crippen LogP contribution in [-0.4, -0.2) is 61.2 Å². The van der Waals surface area contributed by atoms with E-state index in [1.54, 1.807) is 0 Å². The topological polar surface area (TPSA) is 42.0 Å². The summed E-state index contributed by atoms with van der Waals surface area (Å²) in [5.41, 5.74) is 2.06. The largest absolute Gasteiger partial charge is 0.491 e. The maximum atomic E-state index is 12.4. The van der Waals surface area contributed by atoms with Crippen LogP contribution < -0.4 is 4.74 Å². The van der Waals surface area contributed by atoms with Crippen LogP contribution in [0.5, 0.6) is 5.75 Å². The molecule has 1 atom stereocenters. The van der Waals surface area contributed by atoms with Gasteiger partial charge in [-0.3, -0.25) is 9.69 Å². The van der Waals surface area contributed by atoms with E-state index in [0.29, 0.717) is 6.61 Å². The average molecular weight is 395 g/mol. The molecule has 2 heterocycles. The zero-order valence-corrected chi connectivity index (χ0v) is 17.0. The zero-order valence-electron chi connectivity index (χ0n) is 17.0. The number of benzene rings is 2. The predicted molar refractivity (Wildman–Crippen MR) is 113 cm³/mol. The van der Waals surface area contributed by atoms with Gasteiger partial charge in [-0.15, -0.1) is 0 Å². The van der Waals surface area contributed by atoms with Gasteiger partial charge < -0.3 is 14.4 Å². The molecule has 29 heavy (non-hydrogen) atoms. The highest BCUT2D eigenvalue weighted by atomic mass is 16.5. The summed E-state index contributed by atoms with van der Waals surface area (Å²) in [7, 11) is 0. The van der Waals surface area contributed by atoms with Gasteiger partial charge in [-0.1, -0.05) is 30.3 Å². The molecule has 2 aromatic rings. The van der Waals surface area contributed by atoms with Crippen LogP contribution >= 0.6 is 0 Å². The monoisotopic (exact) mass is 394 g/mol. The van der Waals surface area contributed by atoms with Crippen molar-refractivity contribution in [3.8, 4) is 5.75 Å². The van der Waals surface area contributed by atoms with Gasteiger partial charge in [-0.2, -0.15) is 0 Å². The van der Waals surface area contributed by atoms with Crippen molar-refractivity contribution in [2.75, 3.05) is 39.4 Å². The van der Waals surface area contributed by atoms with E-state index in [1.807, 2.05) is 29.2 Å². The molecule has 0 aliphatic carbocycles. The molecule has 0 bridgehead atoms. The Morgan fingerprint density at radius 1 is 0.966 bits per heavy atom. The van der Waals surface area contributed by atoms with Crippen LogP contribution in [0.2, 0.25) is 0 Å². The molecule has 0 saturated carbocycles. The second-order valence-corrected chi connectivity index (χ2v) is 7.90. The second-order valence-electron chi connectivity index (χ2n) is 7.90. The first-order valence-electron chi connectivity index (χ1n) is 10.7. The predicted octanol–water partition coefficient (Wildman–Crippen LogP) is 3.59. The number of ether oxygens (including phenoxy) is 2. The minimum atomic E-state index is 0.0483. The molecular weight excluding hydrogens is 364 g/mol. The van der Waals surface area contributed by atoms with Gasteiger partial charge in [-0.25, -0.2) is 0 Å². The molecule has 5 nitrogen and oxygen atoms in total. The number of rotatable bonds is 6. The van der Waals surface area contributed by atoms with Crippen LogP contribution in [0, 0.1) is 0 Å². The first-order chi connectivity index (χ1) is 14.3. The summed E-state index contributed by atoms with van der Waals surface area (Å²) in [6.07, 6.45) is 3.30. The van der Waals surface area contributed by atoms with Gasteiger partial charge in [0.1, 0.15) is 18.5 Å². The fraction of sp³-hybridized carbons (Fsp3) is 0.458. The Bertz CT molecular complexity index is 772. The number of hydrogen-bond donors (Lipinski definition) is 0. The van der Waals surface area contributed by atoms with Crippen LogP contribution in [0.1, 0.15) is 35.2 Å². The molecule has 0 aromatic heterocycles. The summed E-state index contributed by atoms with van der Waals surface area (Å²) < 4.78 is 12.0. The van der Waals surface area contributed by atoms with Gasteiger partial charge >= 0.3 is 0 Å². The zero-order chi connectivity index (χ0) is 19.9. The molecule has 154 valence electrons. The molecule has 0 N–H and O–H groups in total. The van der Waals surface area contributed by atoms with Crippen molar-refractivity contribution in [3.05, 3.63) is 65.7 Å². The van der Waals surface area contributed by atoms with Gasteiger partial charge in [0.05, 0.1) is 0 Å². The molecule has 5 heteroatoms. The molecule has 2 aromatic carbocycles. The quantitative estimate of drug-likeness (QED) is 0.751. The Labute approximate surface area is 173 Å². The van der Waals surface area contributed by atoms with E-state index in [4.69, 9.17) is 9.47 Å². The van der Waals surface area contributed by atoms with Crippen molar-refractivity contribution in [1.82, 2.24) is 9.80 Å². The van der Waals surface area contributed by atoms with Crippen LogP contribution in [0.25, 0.3) is 0 Å². The van der Waals surface area contributed by atoms with Crippen molar-refractivity contribution in [2.24, 2.45) is 0 Å². The van der Waals surface area contributed by atoms with Gasteiger partial charge in [-0.05, 0) is 49.1 Å². The maximum Gasteiger partial charge on any atom is 0.253 e. The molecule has 2 aliphatic heterocycles. The fourth-order valence-corrected chi connectivity index (χ4v) is 4.04. The highest BCUT2D eigenvalue weighted by molar-refractivity contribution is 5.94. The third kappa shape index (κ3) is 5.58. The van der Waals surface area contributed by atoms with E-state index < -0.39 is 0 Å². The van der Waals surface area contributed by atoms with Crippen LogP contribution in [-0.2, 0) is 11.3 Å². The summed E-state index contributed by atoms with van der Waals surface area (Å²) in [5, 5.41) is 0. The van der Waals surface area contributed by atoms with Gasteiger partial charge in [0, 0.05) is 44.9 Å². The molecule has 2 saturated heterocycles. The molecule has 2 aliphatic rings. The standard InChI is InChI=1S/C24H30N2O3/c27-24(26-14-4-5-15-26)21-9-11-22(12-10-21)29-19-23-18-25(13-6-16-28-23)17-20-7-2-1-3-8-20/h1-3,7-12,23H,4-6,13-19H2/t23-/m1/s1. The molecule has 1 amide bonds. The SMILES string of the molecule is O=C(c1ccc(OC[C@H]2CN(Cc3ccccc3)CCCO2)cc1)N1CCCC1. The lowest BCUT2D eigenvalue weighted by Crippen LogP contribution is -2.34. The Morgan fingerprint density at radius 3 is 2.48 bits per heavy atom. The molecule has 2 fully saturated rings. The normalized spacial score (nSPS) is 20.4. The lowest BCUT2D eigenvalue weighted by molar-refractivity contribution is 0.0201. The molecule has 4 rings (SSSR count). The summed E-state index contributed by atoms with van der Waals surface area (Å²) in [6.45, 7) is 5.87. The summed E-state index contributed by atoms with van der Waals surface area (Å²) in [4.78, 5) is 16.8. The third-order valence-corrected chi connectivity index (χ3v) is 5.61. The van der Waals surface area contributed by atoms with Crippen molar-refractivity contribution < 1.29 is 14.3 Å². The van der Waals surface area contributed by atoms with Crippen molar-refractivity contribution in [3.63, 3.8) is 0 Å². The maximum absolute atomic E-state index is 12.4. The van der Waals surface area contributed by atoms with E-state index in [2.05, 4.69) is 35.2 Å². The third-order valence-electron chi connectivity index (χ3n) is 5.61. The van der Waals surface area contributed by atoms with E-state index in [-0.39, 0.29) is 12.0 Å².